The van der Waals surface area contributed by atoms with Crippen molar-refractivity contribution < 1.29 is 64.1 Å². The summed E-state index contributed by atoms with van der Waals surface area (Å²) >= 11 is 5.78. The topological polar surface area (TPSA) is 172 Å². The standard InChI is InChI=1S/C24H22F3N3O3.C21H14ClF4N3O4/c1-14(31)19-12-16(9-10-28-19)30-22(32)18-7-5-15(23(2,3)4)11-20(18)33-17-6-8-21(29-13-17)24(25,26)27;1-10(30)13-9-11(7-8-27-13)28-19(31)17-14(4-3-12(18(17)23)21(24,25)26)33-15-5-6-16(22)29-20(15)32-2/h5-13H,1-4H3,(H,28,30,32);3-9H,1-2H3,(H,27,28,31). The minimum Gasteiger partial charge on any atom is -0.478 e. The zero-order valence-electron chi connectivity index (χ0n) is 35.4. The fourth-order valence-corrected chi connectivity index (χ4v) is 5.75. The Morgan fingerprint density at radius 3 is 1.76 bits per heavy atom. The Balaban J connectivity index is 0.000000247. The lowest BCUT2D eigenvalue weighted by atomic mass is 9.86. The van der Waals surface area contributed by atoms with Crippen molar-refractivity contribution in [3.8, 4) is 28.9 Å². The summed E-state index contributed by atoms with van der Waals surface area (Å²) in [6.45, 7) is 8.53. The summed E-state index contributed by atoms with van der Waals surface area (Å²) < 4.78 is 109. The van der Waals surface area contributed by atoms with E-state index in [1.165, 1.54) is 69.7 Å². The molecule has 6 rings (SSSR count). The number of carbonyl (C=O) groups is 4. The Bertz CT molecular complexity index is 2800. The number of halogens is 8. The number of methoxy groups -OCH3 is 1. The van der Waals surface area contributed by atoms with Gasteiger partial charge in [-0.15, -0.1) is 0 Å². The predicted molar refractivity (Wildman–Crippen MR) is 226 cm³/mol. The number of alkyl halides is 6. The molecule has 0 saturated heterocycles. The first kappa shape index (κ1) is 49.5. The second-order valence-electron chi connectivity index (χ2n) is 14.9. The number of Topliss-reactive ketones (excluding diaryl/α,β-unsaturated/α-hetero) is 2. The number of benzene rings is 2. The summed E-state index contributed by atoms with van der Waals surface area (Å²) in [6, 6.07) is 16.3. The first-order valence-corrected chi connectivity index (χ1v) is 19.4. The van der Waals surface area contributed by atoms with Gasteiger partial charge in [0.1, 0.15) is 45.0 Å². The van der Waals surface area contributed by atoms with Crippen LogP contribution in [0.5, 0.6) is 28.9 Å². The van der Waals surface area contributed by atoms with Crippen molar-refractivity contribution in [2.24, 2.45) is 0 Å². The van der Waals surface area contributed by atoms with Gasteiger partial charge in [0, 0.05) is 37.6 Å². The maximum Gasteiger partial charge on any atom is 0.433 e. The van der Waals surface area contributed by atoms with Gasteiger partial charge in [0.15, 0.2) is 23.1 Å². The minimum absolute atomic E-state index is 0.00806. The lowest BCUT2D eigenvalue weighted by Gasteiger charge is -2.21. The highest BCUT2D eigenvalue weighted by atomic mass is 35.5. The summed E-state index contributed by atoms with van der Waals surface area (Å²) in [5.41, 5.74) is -2.43. The second kappa shape index (κ2) is 20.1. The van der Waals surface area contributed by atoms with Crippen LogP contribution in [0.4, 0.5) is 42.1 Å². The number of nitrogens with one attached hydrogen (secondary N) is 2. The number of rotatable bonds is 11. The summed E-state index contributed by atoms with van der Waals surface area (Å²) in [4.78, 5) is 63.9. The van der Waals surface area contributed by atoms with E-state index < -0.39 is 58.3 Å². The van der Waals surface area contributed by atoms with Crippen LogP contribution in [0.1, 0.15) is 93.1 Å². The Kier molecular flexibility index (Phi) is 15.1. The van der Waals surface area contributed by atoms with Gasteiger partial charge in [-0.05, 0) is 83.8 Å². The zero-order valence-corrected chi connectivity index (χ0v) is 36.2. The molecule has 0 bridgehead atoms. The Morgan fingerprint density at radius 1 is 0.652 bits per heavy atom. The van der Waals surface area contributed by atoms with Crippen LogP contribution in [0.25, 0.3) is 0 Å². The number of hydrogen-bond acceptors (Lipinski definition) is 11. The first-order valence-electron chi connectivity index (χ1n) is 19.1. The molecule has 0 radical (unpaired) electrons. The predicted octanol–water partition coefficient (Wildman–Crippen LogP) is 11.6. The molecule has 2 N–H and O–H groups in total. The number of aromatic nitrogens is 4. The zero-order chi connectivity index (χ0) is 48.7. The molecule has 13 nitrogen and oxygen atoms in total. The Hall–Kier alpha value is -7.48. The number of amides is 2. The van der Waals surface area contributed by atoms with Crippen molar-refractivity contribution in [2.45, 2.75) is 52.4 Å². The number of ketones is 2. The smallest absolute Gasteiger partial charge is 0.433 e. The van der Waals surface area contributed by atoms with Gasteiger partial charge in [-0.1, -0.05) is 38.4 Å². The van der Waals surface area contributed by atoms with Gasteiger partial charge in [0.25, 0.3) is 17.7 Å². The maximum atomic E-state index is 14.9. The number of carbonyl (C=O) groups excluding carboxylic acids is 4. The SMILES string of the molecule is CC(=O)c1cc(NC(=O)c2ccc(C(C)(C)C)cc2Oc2ccc(C(F)(F)F)nc2)ccn1.COc1nc(Cl)ccc1Oc1ccc(C(F)(F)F)c(F)c1C(=O)Nc1ccnc(C(C)=O)c1. The van der Waals surface area contributed by atoms with Gasteiger partial charge in [0.05, 0.1) is 24.4 Å². The lowest BCUT2D eigenvalue weighted by molar-refractivity contribution is -0.141. The highest BCUT2D eigenvalue weighted by Crippen LogP contribution is 2.40. The van der Waals surface area contributed by atoms with E-state index in [1.807, 2.05) is 20.8 Å². The maximum absolute atomic E-state index is 14.9. The van der Waals surface area contributed by atoms with Gasteiger partial charge in [-0.2, -0.15) is 31.3 Å². The van der Waals surface area contributed by atoms with E-state index in [9.17, 15) is 49.9 Å². The van der Waals surface area contributed by atoms with Gasteiger partial charge < -0.3 is 24.8 Å². The molecule has 0 unspecified atom stereocenters. The average molecular weight is 941 g/mol. The molecule has 2 amide bonds. The van der Waals surface area contributed by atoms with Gasteiger partial charge in [-0.3, -0.25) is 29.1 Å². The van der Waals surface area contributed by atoms with Crippen molar-refractivity contribution in [3.63, 3.8) is 0 Å². The third-order valence-corrected chi connectivity index (χ3v) is 9.16. The molecule has 0 saturated carbocycles. The fourth-order valence-electron chi connectivity index (χ4n) is 5.61. The summed E-state index contributed by atoms with van der Waals surface area (Å²) in [7, 11) is 1.24. The monoisotopic (exact) mass is 940 g/mol. The summed E-state index contributed by atoms with van der Waals surface area (Å²) in [5.74, 6) is -4.90. The minimum atomic E-state index is -5.07. The van der Waals surface area contributed by atoms with Gasteiger partial charge >= 0.3 is 12.4 Å². The van der Waals surface area contributed by atoms with E-state index in [0.717, 1.165) is 30.0 Å². The van der Waals surface area contributed by atoms with E-state index in [0.29, 0.717) is 11.8 Å². The molecule has 0 aliphatic heterocycles. The molecule has 0 spiro atoms. The molecule has 344 valence electrons. The number of pyridine rings is 4. The van der Waals surface area contributed by atoms with Crippen LogP contribution in [0.3, 0.4) is 0 Å². The molecule has 0 aliphatic carbocycles. The highest BCUT2D eigenvalue weighted by molar-refractivity contribution is 6.29. The molecule has 4 aromatic heterocycles. The molecule has 2 aromatic carbocycles. The number of ether oxygens (including phenoxy) is 3. The van der Waals surface area contributed by atoms with Crippen molar-refractivity contribution in [2.75, 3.05) is 17.7 Å². The molecule has 21 heteroatoms. The molecule has 4 heterocycles. The fraction of sp³-hybridized carbons (Fsp3) is 0.200. The number of anilines is 2. The van der Waals surface area contributed by atoms with Gasteiger partial charge in [0.2, 0.25) is 0 Å². The third-order valence-electron chi connectivity index (χ3n) is 8.94. The average Bonchev–Trinajstić information content (AvgIpc) is 3.23. The Morgan fingerprint density at radius 2 is 1.24 bits per heavy atom. The normalized spacial score (nSPS) is 11.4. The van der Waals surface area contributed by atoms with Crippen molar-refractivity contribution >= 4 is 46.4 Å². The van der Waals surface area contributed by atoms with Crippen LogP contribution >= 0.6 is 11.6 Å². The first-order chi connectivity index (χ1) is 30.8. The molecule has 0 atom stereocenters. The van der Waals surface area contributed by atoms with Crippen LogP contribution in [0.2, 0.25) is 5.15 Å². The van der Waals surface area contributed by atoms with Crippen LogP contribution in [0, 0.1) is 5.82 Å². The van der Waals surface area contributed by atoms with Gasteiger partial charge in [-0.25, -0.2) is 9.37 Å². The van der Waals surface area contributed by atoms with Crippen LogP contribution in [-0.2, 0) is 17.8 Å². The van der Waals surface area contributed by atoms with Crippen molar-refractivity contribution in [1.82, 2.24) is 19.9 Å². The molecular weight excluding hydrogens is 905 g/mol. The Labute approximate surface area is 376 Å². The third kappa shape index (κ3) is 12.6. The largest absolute Gasteiger partial charge is 0.478 e. The quantitative estimate of drug-likeness (QED) is 0.0719. The molecule has 0 aliphatic rings. The molecule has 0 fully saturated rings. The summed E-state index contributed by atoms with van der Waals surface area (Å²) in [5, 5.41) is 4.98. The van der Waals surface area contributed by atoms with Crippen LogP contribution in [0.15, 0.2) is 97.5 Å². The lowest BCUT2D eigenvalue weighted by Crippen LogP contribution is -2.19. The van der Waals surface area contributed by atoms with Crippen LogP contribution in [-0.4, -0.2) is 50.4 Å². The van der Waals surface area contributed by atoms with Crippen molar-refractivity contribution in [1.29, 1.82) is 0 Å². The van der Waals surface area contributed by atoms with E-state index in [-0.39, 0.29) is 62.1 Å². The number of nitrogens with zero attached hydrogens (tertiary/aromatic N) is 4. The second-order valence-corrected chi connectivity index (χ2v) is 15.2. The van der Waals surface area contributed by atoms with E-state index in [4.69, 9.17) is 25.8 Å². The molecular formula is C45H36ClF7N6O7. The van der Waals surface area contributed by atoms with E-state index >= 15 is 0 Å². The number of hydrogen-bond donors (Lipinski definition) is 2. The highest BCUT2D eigenvalue weighted by Gasteiger charge is 2.38. The van der Waals surface area contributed by atoms with Crippen LogP contribution < -0.4 is 24.8 Å². The molecule has 6 aromatic rings. The summed E-state index contributed by atoms with van der Waals surface area (Å²) in [6.07, 6.45) is -6.08. The van der Waals surface area contributed by atoms with E-state index in [2.05, 4.69) is 30.6 Å². The molecule has 66 heavy (non-hydrogen) atoms. The van der Waals surface area contributed by atoms with E-state index in [1.54, 1.807) is 18.2 Å². The van der Waals surface area contributed by atoms with Crippen molar-refractivity contribution in [3.05, 3.63) is 148 Å².